The van der Waals surface area contributed by atoms with E-state index in [2.05, 4.69) is 16.6 Å². The highest BCUT2D eigenvalue weighted by atomic mass is 32.3. The number of sulfonamides is 1. The third-order valence-corrected chi connectivity index (χ3v) is 5.69. The molecule has 20 heavy (non-hydrogen) atoms. The molecule has 0 fully saturated rings. The highest BCUT2D eigenvalue weighted by Gasteiger charge is 2.18. The molecule has 0 heterocycles. The molecule has 0 aliphatic carbocycles. The zero-order valence-corrected chi connectivity index (χ0v) is 12.8. The number of benzene rings is 1. The summed E-state index contributed by atoms with van der Waals surface area (Å²) in [5.74, 6) is 5.56. The average molecular weight is 316 g/mol. The minimum atomic E-state index is -3.93. The van der Waals surface area contributed by atoms with Crippen molar-refractivity contribution in [2.75, 3.05) is 22.6 Å². The van der Waals surface area contributed by atoms with E-state index in [0.717, 1.165) is 17.4 Å². The molecule has 1 aromatic carbocycles. The van der Waals surface area contributed by atoms with Crippen LogP contribution in [0.3, 0.4) is 0 Å². The molecule has 0 radical (unpaired) electrons. The lowest BCUT2D eigenvalue weighted by Gasteiger charge is -2.08. The maximum absolute atomic E-state index is 11.6. The van der Waals surface area contributed by atoms with Crippen LogP contribution in [0.1, 0.15) is 11.1 Å². The van der Waals surface area contributed by atoms with Gasteiger partial charge in [0, 0.05) is 17.5 Å². The van der Waals surface area contributed by atoms with Gasteiger partial charge in [0.25, 0.3) is 0 Å². The summed E-state index contributed by atoms with van der Waals surface area (Å²) >= 11 is 0. The third kappa shape index (κ3) is 5.61. The van der Waals surface area contributed by atoms with Crippen molar-refractivity contribution in [3.8, 4) is 11.8 Å². The Hall–Kier alpha value is -1.56. The minimum Gasteiger partial charge on any atom is -0.320 e. The van der Waals surface area contributed by atoms with E-state index in [4.69, 9.17) is 5.73 Å². The lowest BCUT2D eigenvalue weighted by Crippen LogP contribution is -2.22. The Balaban J connectivity index is 2.98. The summed E-state index contributed by atoms with van der Waals surface area (Å²) in [6, 6.07) is 4.75. The number of sulfone groups is 1. The number of nitrogens with one attached hydrogen (secondary N) is 1. The van der Waals surface area contributed by atoms with Crippen LogP contribution < -0.4 is 10.5 Å². The molecule has 0 saturated carbocycles. The topological polar surface area (TPSA) is 106 Å². The largest absolute Gasteiger partial charge is 0.320 e. The van der Waals surface area contributed by atoms with Gasteiger partial charge in [0.15, 0.2) is 14.9 Å². The smallest absolute Gasteiger partial charge is 0.247 e. The molecule has 0 atom stereocenters. The van der Waals surface area contributed by atoms with Gasteiger partial charge in [-0.1, -0.05) is 11.8 Å². The molecule has 0 bridgehead atoms. The molecule has 8 heteroatoms. The van der Waals surface area contributed by atoms with Gasteiger partial charge in [-0.2, -0.15) is 0 Å². The predicted octanol–water partition coefficient (Wildman–Crippen LogP) is 0.0490. The van der Waals surface area contributed by atoms with Gasteiger partial charge in [-0.15, -0.1) is 0 Å². The van der Waals surface area contributed by atoms with Crippen molar-refractivity contribution >= 4 is 25.5 Å². The zero-order valence-electron chi connectivity index (χ0n) is 11.2. The molecule has 110 valence electrons. The maximum atomic E-state index is 11.6. The molecule has 0 saturated heterocycles. The summed E-state index contributed by atoms with van der Waals surface area (Å²) in [6.07, 6.45) is 0.864. The van der Waals surface area contributed by atoms with Crippen LogP contribution in [0, 0.1) is 18.8 Å². The zero-order chi connectivity index (χ0) is 15.4. The molecular weight excluding hydrogens is 300 g/mol. The lowest BCUT2D eigenvalue weighted by atomic mass is 10.1. The van der Waals surface area contributed by atoms with Crippen LogP contribution in [0.2, 0.25) is 0 Å². The average Bonchev–Trinajstić information content (AvgIpc) is 2.23. The van der Waals surface area contributed by atoms with Gasteiger partial charge in [-0.3, -0.25) is 4.72 Å². The number of anilines is 1. The van der Waals surface area contributed by atoms with Crippen molar-refractivity contribution in [3.05, 3.63) is 29.3 Å². The van der Waals surface area contributed by atoms with Gasteiger partial charge < -0.3 is 5.73 Å². The Morgan fingerprint density at radius 3 is 2.40 bits per heavy atom. The van der Waals surface area contributed by atoms with Crippen LogP contribution in [-0.2, 0) is 19.9 Å². The molecule has 0 amide bonds. The number of nitrogens with two attached hydrogens (primary N) is 1. The van der Waals surface area contributed by atoms with Gasteiger partial charge in [-0.25, -0.2) is 16.8 Å². The standard InChI is InChI=1S/C12H16N2O4S2/c1-10-8-12(6-5-11(10)4-3-7-13)14-20(17,18)9-19(2,15)16/h5-6,8,14H,7,9,13H2,1-2H3. The number of aryl methyl sites for hydroxylation is 1. The fourth-order valence-corrected chi connectivity index (χ4v) is 4.48. The van der Waals surface area contributed by atoms with Crippen molar-refractivity contribution < 1.29 is 16.8 Å². The number of rotatable bonds is 4. The maximum Gasteiger partial charge on any atom is 0.247 e. The molecule has 1 aromatic rings. The van der Waals surface area contributed by atoms with Gasteiger partial charge in [0.05, 0.1) is 6.54 Å². The van der Waals surface area contributed by atoms with Crippen molar-refractivity contribution in [2.24, 2.45) is 5.73 Å². The van der Waals surface area contributed by atoms with Crippen molar-refractivity contribution in [1.29, 1.82) is 0 Å². The first-order valence-corrected chi connectivity index (χ1v) is 9.32. The molecule has 0 aliphatic rings. The van der Waals surface area contributed by atoms with Crippen molar-refractivity contribution in [2.45, 2.75) is 6.92 Å². The summed E-state index contributed by atoms with van der Waals surface area (Å²) in [7, 11) is -7.55. The Labute approximate surface area is 119 Å². The lowest BCUT2D eigenvalue weighted by molar-refractivity contribution is 0.595. The second-order valence-electron chi connectivity index (χ2n) is 4.30. The second kappa shape index (κ2) is 6.26. The van der Waals surface area contributed by atoms with E-state index in [1.54, 1.807) is 19.1 Å². The highest BCUT2D eigenvalue weighted by Crippen LogP contribution is 2.16. The first kappa shape index (κ1) is 16.5. The minimum absolute atomic E-state index is 0.238. The Kier molecular flexibility index (Phi) is 5.16. The summed E-state index contributed by atoms with van der Waals surface area (Å²) in [5.41, 5.74) is 7.08. The number of hydrogen-bond acceptors (Lipinski definition) is 5. The van der Waals surface area contributed by atoms with Crippen LogP contribution in [-0.4, -0.2) is 34.7 Å². The molecular formula is C12H16N2O4S2. The monoisotopic (exact) mass is 316 g/mol. The predicted molar refractivity (Wildman–Crippen MR) is 79.4 cm³/mol. The van der Waals surface area contributed by atoms with Crippen LogP contribution in [0.4, 0.5) is 5.69 Å². The van der Waals surface area contributed by atoms with Gasteiger partial charge in [0.2, 0.25) is 10.0 Å². The van der Waals surface area contributed by atoms with Crippen molar-refractivity contribution in [3.63, 3.8) is 0 Å². The van der Waals surface area contributed by atoms with E-state index in [1.165, 1.54) is 6.07 Å². The molecule has 0 spiro atoms. The molecule has 1 rings (SSSR count). The van der Waals surface area contributed by atoms with Crippen LogP contribution in [0.25, 0.3) is 0 Å². The summed E-state index contributed by atoms with van der Waals surface area (Å²) in [5, 5.41) is -0.951. The van der Waals surface area contributed by atoms with E-state index >= 15 is 0 Å². The number of hydrogen-bond donors (Lipinski definition) is 2. The molecule has 6 nitrogen and oxygen atoms in total. The van der Waals surface area contributed by atoms with Gasteiger partial charge in [0.1, 0.15) is 0 Å². The fourth-order valence-electron chi connectivity index (χ4n) is 1.50. The highest BCUT2D eigenvalue weighted by molar-refractivity contribution is 8.08. The first-order valence-electron chi connectivity index (χ1n) is 5.61. The molecule has 0 aromatic heterocycles. The molecule has 0 unspecified atom stereocenters. The van der Waals surface area contributed by atoms with Crippen molar-refractivity contribution in [1.82, 2.24) is 0 Å². The first-order chi connectivity index (χ1) is 9.13. The molecule has 3 N–H and O–H groups in total. The summed E-state index contributed by atoms with van der Waals surface area (Å²) in [6.45, 7) is 2.01. The summed E-state index contributed by atoms with van der Waals surface area (Å²) < 4.78 is 47.6. The van der Waals surface area contributed by atoms with Crippen LogP contribution in [0.5, 0.6) is 0 Å². The normalized spacial score (nSPS) is 11.6. The Morgan fingerprint density at radius 1 is 1.25 bits per heavy atom. The van der Waals surface area contributed by atoms with Gasteiger partial charge >= 0.3 is 0 Å². The third-order valence-electron chi connectivity index (χ3n) is 2.19. The van der Waals surface area contributed by atoms with E-state index in [-0.39, 0.29) is 6.54 Å². The quantitative estimate of drug-likeness (QED) is 0.763. The van der Waals surface area contributed by atoms with Gasteiger partial charge in [-0.05, 0) is 30.7 Å². The van der Waals surface area contributed by atoms with Crippen LogP contribution >= 0.6 is 0 Å². The van der Waals surface area contributed by atoms with E-state index in [0.29, 0.717) is 5.69 Å². The fraction of sp³-hybridized carbons (Fsp3) is 0.333. The Morgan fingerprint density at radius 2 is 1.90 bits per heavy atom. The summed E-state index contributed by atoms with van der Waals surface area (Å²) in [4.78, 5) is 0. The molecule has 0 aliphatic heterocycles. The van der Waals surface area contributed by atoms with Crippen LogP contribution in [0.15, 0.2) is 18.2 Å². The van der Waals surface area contributed by atoms with E-state index in [1.807, 2.05) is 0 Å². The second-order valence-corrected chi connectivity index (χ2v) is 8.52. The van der Waals surface area contributed by atoms with E-state index in [9.17, 15) is 16.8 Å². The Bertz CT molecular complexity index is 756. The SMILES string of the molecule is Cc1cc(NS(=O)(=O)CS(C)(=O)=O)ccc1C#CCN. The van der Waals surface area contributed by atoms with E-state index < -0.39 is 24.9 Å².